The fraction of sp³-hybridized carbons (Fsp3) is 0.263. The number of aromatic nitrogens is 3. The third-order valence-electron chi connectivity index (χ3n) is 4.69. The molecule has 3 aromatic rings. The molecule has 0 aliphatic heterocycles. The van der Waals surface area contributed by atoms with Crippen molar-refractivity contribution in [3.8, 4) is 0 Å². The van der Waals surface area contributed by atoms with Crippen LogP contribution in [0.1, 0.15) is 28.9 Å². The van der Waals surface area contributed by atoms with Gasteiger partial charge in [0.1, 0.15) is 0 Å². The van der Waals surface area contributed by atoms with Gasteiger partial charge in [0.2, 0.25) is 5.91 Å². The third kappa shape index (κ3) is 3.74. The van der Waals surface area contributed by atoms with Gasteiger partial charge in [-0.05, 0) is 26.3 Å². The van der Waals surface area contributed by atoms with Crippen LogP contribution in [0.15, 0.2) is 39.0 Å². The number of hydrogen-bond acceptors (Lipinski definition) is 4. The van der Waals surface area contributed by atoms with E-state index < -0.39 is 11.2 Å². The molecule has 0 spiro atoms. The zero-order chi connectivity index (χ0) is 19.6. The van der Waals surface area contributed by atoms with Crippen molar-refractivity contribution < 1.29 is 4.79 Å². The van der Waals surface area contributed by atoms with E-state index in [4.69, 9.17) is 0 Å². The molecule has 8 nitrogen and oxygen atoms in total. The molecule has 0 saturated carbocycles. The van der Waals surface area contributed by atoms with Gasteiger partial charge >= 0.3 is 5.69 Å². The molecule has 2 heterocycles. The number of H-pyrrole nitrogens is 2. The number of hydrogen-bond donors (Lipinski definition) is 3. The summed E-state index contributed by atoms with van der Waals surface area (Å²) in [5, 5.41) is 5.12. The number of fused-ring (bicyclic) bond motifs is 1. The van der Waals surface area contributed by atoms with Crippen molar-refractivity contribution in [1.29, 1.82) is 0 Å². The first-order valence-electron chi connectivity index (χ1n) is 8.56. The molecule has 27 heavy (non-hydrogen) atoms. The topological polar surface area (TPSA) is 112 Å². The SMILES string of the molecule is Cc1[nH]c(=O)[nH]c(=O)c1CCC(=O)N/N=C/c1c(C)n(C)c2ccccc12. The number of carbonyl (C=O) groups excluding carboxylic acids is 1. The first-order valence-corrected chi connectivity index (χ1v) is 8.56. The van der Waals surface area contributed by atoms with Crippen LogP contribution in [0.25, 0.3) is 10.9 Å². The Balaban J connectivity index is 1.68. The maximum atomic E-state index is 12.0. The number of nitrogens with zero attached hydrogens (tertiary/aromatic N) is 2. The number of benzene rings is 1. The van der Waals surface area contributed by atoms with E-state index in [9.17, 15) is 14.4 Å². The van der Waals surface area contributed by atoms with Crippen LogP contribution in [0.3, 0.4) is 0 Å². The molecule has 0 bridgehead atoms. The number of carbonyl (C=O) groups is 1. The molecule has 0 aliphatic carbocycles. The molecular formula is C19H21N5O3. The monoisotopic (exact) mass is 367 g/mol. The Kier molecular flexibility index (Phi) is 5.07. The maximum absolute atomic E-state index is 12.0. The molecule has 0 atom stereocenters. The molecule has 140 valence electrons. The van der Waals surface area contributed by atoms with E-state index in [1.807, 2.05) is 38.2 Å². The van der Waals surface area contributed by atoms with E-state index in [2.05, 4.69) is 25.1 Å². The number of nitrogens with one attached hydrogen (secondary N) is 3. The first-order chi connectivity index (χ1) is 12.9. The summed E-state index contributed by atoms with van der Waals surface area (Å²) in [6.07, 6.45) is 1.93. The lowest BCUT2D eigenvalue weighted by Gasteiger charge is -2.03. The number of para-hydroxylation sites is 1. The second-order valence-electron chi connectivity index (χ2n) is 6.38. The minimum absolute atomic E-state index is 0.0851. The second kappa shape index (κ2) is 7.45. The molecule has 0 radical (unpaired) electrons. The van der Waals surface area contributed by atoms with Crippen molar-refractivity contribution in [2.75, 3.05) is 0 Å². The highest BCUT2D eigenvalue weighted by Gasteiger charge is 2.10. The summed E-state index contributed by atoms with van der Waals surface area (Å²) < 4.78 is 2.07. The lowest BCUT2D eigenvalue weighted by Crippen LogP contribution is -2.28. The smallest absolute Gasteiger partial charge is 0.325 e. The lowest BCUT2D eigenvalue weighted by molar-refractivity contribution is -0.121. The summed E-state index contributed by atoms with van der Waals surface area (Å²) in [6, 6.07) is 7.98. The van der Waals surface area contributed by atoms with Gasteiger partial charge in [0.05, 0.1) is 6.21 Å². The van der Waals surface area contributed by atoms with Crippen LogP contribution < -0.4 is 16.7 Å². The highest BCUT2D eigenvalue weighted by Crippen LogP contribution is 2.22. The Labute approximate surface area is 154 Å². The quantitative estimate of drug-likeness (QED) is 0.466. The van der Waals surface area contributed by atoms with Gasteiger partial charge in [-0.3, -0.25) is 14.6 Å². The summed E-state index contributed by atoms with van der Waals surface area (Å²) in [7, 11) is 1.98. The molecular weight excluding hydrogens is 346 g/mol. The van der Waals surface area contributed by atoms with Crippen molar-refractivity contribution in [1.82, 2.24) is 20.0 Å². The van der Waals surface area contributed by atoms with Gasteiger partial charge in [-0.25, -0.2) is 10.2 Å². The number of rotatable bonds is 5. The Bertz CT molecular complexity index is 1150. The maximum Gasteiger partial charge on any atom is 0.325 e. The van der Waals surface area contributed by atoms with Crippen LogP contribution >= 0.6 is 0 Å². The minimum atomic E-state index is -0.555. The molecule has 0 aliphatic rings. The fourth-order valence-electron chi connectivity index (χ4n) is 3.10. The van der Waals surface area contributed by atoms with Crippen LogP contribution in [0.2, 0.25) is 0 Å². The van der Waals surface area contributed by atoms with Crippen LogP contribution in [0.4, 0.5) is 0 Å². The molecule has 8 heteroatoms. The molecule has 1 amide bonds. The lowest BCUT2D eigenvalue weighted by atomic mass is 10.1. The highest BCUT2D eigenvalue weighted by atomic mass is 16.2. The molecule has 0 unspecified atom stereocenters. The van der Waals surface area contributed by atoms with Gasteiger partial charge in [-0.15, -0.1) is 0 Å². The molecule has 1 aromatic carbocycles. The molecule has 3 rings (SSSR count). The number of aromatic amines is 2. The fourth-order valence-corrected chi connectivity index (χ4v) is 3.10. The predicted molar refractivity (Wildman–Crippen MR) is 104 cm³/mol. The van der Waals surface area contributed by atoms with Crippen molar-refractivity contribution in [2.24, 2.45) is 12.1 Å². The number of amides is 1. The Morgan fingerprint density at radius 3 is 2.70 bits per heavy atom. The third-order valence-corrected chi connectivity index (χ3v) is 4.69. The molecule has 2 aromatic heterocycles. The van der Waals surface area contributed by atoms with Gasteiger partial charge in [-0.1, -0.05) is 18.2 Å². The molecule has 0 fully saturated rings. The number of aryl methyl sites for hydroxylation is 2. The standard InChI is InChI=1S/C19H21N5O3/c1-11-13(18(26)22-19(27)21-11)8-9-17(25)23-20-10-15-12(2)24(3)16-7-5-4-6-14(15)16/h4-7,10H,8-9H2,1-3H3,(H,23,25)(H2,21,22,26,27)/b20-10+. The van der Waals surface area contributed by atoms with Crippen LogP contribution in [0, 0.1) is 13.8 Å². The van der Waals surface area contributed by atoms with Crippen molar-refractivity contribution in [3.05, 3.63) is 67.6 Å². The predicted octanol–water partition coefficient (Wildman–Crippen LogP) is 1.25. The highest BCUT2D eigenvalue weighted by molar-refractivity contribution is 6.01. The van der Waals surface area contributed by atoms with E-state index in [0.717, 1.165) is 22.2 Å². The number of hydrazone groups is 1. The van der Waals surface area contributed by atoms with Gasteiger partial charge in [0, 0.05) is 46.9 Å². The Morgan fingerprint density at radius 1 is 1.22 bits per heavy atom. The summed E-state index contributed by atoms with van der Waals surface area (Å²) in [4.78, 5) is 39.7. The Hall–Kier alpha value is -3.42. The van der Waals surface area contributed by atoms with E-state index in [1.54, 1.807) is 13.1 Å². The van der Waals surface area contributed by atoms with Crippen molar-refractivity contribution in [3.63, 3.8) is 0 Å². The zero-order valence-electron chi connectivity index (χ0n) is 15.4. The largest absolute Gasteiger partial charge is 0.347 e. The van der Waals surface area contributed by atoms with E-state index >= 15 is 0 Å². The first kappa shape index (κ1) is 18.4. The molecule has 0 saturated heterocycles. The van der Waals surface area contributed by atoms with Crippen LogP contribution in [-0.2, 0) is 18.3 Å². The minimum Gasteiger partial charge on any atom is -0.347 e. The Morgan fingerprint density at radius 2 is 1.96 bits per heavy atom. The van der Waals surface area contributed by atoms with Gasteiger partial charge < -0.3 is 9.55 Å². The average Bonchev–Trinajstić information content (AvgIpc) is 2.86. The second-order valence-corrected chi connectivity index (χ2v) is 6.38. The van der Waals surface area contributed by atoms with E-state index in [0.29, 0.717) is 11.3 Å². The zero-order valence-corrected chi connectivity index (χ0v) is 15.4. The van der Waals surface area contributed by atoms with Gasteiger partial charge in [0.25, 0.3) is 5.56 Å². The average molecular weight is 367 g/mol. The van der Waals surface area contributed by atoms with Crippen LogP contribution in [0.5, 0.6) is 0 Å². The molecule has 3 N–H and O–H groups in total. The van der Waals surface area contributed by atoms with Crippen molar-refractivity contribution >= 4 is 23.0 Å². The van der Waals surface area contributed by atoms with E-state index in [-0.39, 0.29) is 18.7 Å². The van der Waals surface area contributed by atoms with Crippen molar-refractivity contribution in [2.45, 2.75) is 26.7 Å². The van der Waals surface area contributed by atoms with Crippen LogP contribution in [-0.4, -0.2) is 26.7 Å². The van der Waals surface area contributed by atoms with E-state index in [1.165, 1.54) is 0 Å². The van der Waals surface area contributed by atoms with Gasteiger partial charge in [-0.2, -0.15) is 5.10 Å². The summed E-state index contributed by atoms with van der Waals surface area (Å²) in [5.41, 5.74) is 5.40. The summed E-state index contributed by atoms with van der Waals surface area (Å²) >= 11 is 0. The summed E-state index contributed by atoms with van der Waals surface area (Å²) in [6.45, 7) is 3.62. The van der Waals surface area contributed by atoms with Gasteiger partial charge in [0.15, 0.2) is 0 Å². The normalized spacial score (nSPS) is 11.4. The summed E-state index contributed by atoms with van der Waals surface area (Å²) in [5.74, 6) is -0.311.